The minimum absolute atomic E-state index is 0.00194. The Balaban J connectivity index is 1.33. The van der Waals surface area contributed by atoms with Gasteiger partial charge in [-0.25, -0.2) is 4.98 Å². The van der Waals surface area contributed by atoms with Crippen molar-refractivity contribution >= 4 is 11.7 Å². The Hall–Kier alpha value is -2.51. The first-order chi connectivity index (χ1) is 13.2. The number of hydrogen-bond acceptors (Lipinski definition) is 7. The predicted molar refractivity (Wildman–Crippen MR) is 103 cm³/mol. The van der Waals surface area contributed by atoms with E-state index in [2.05, 4.69) is 36.8 Å². The molecule has 2 fully saturated rings. The zero-order valence-electron chi connectivity index (χ0n) is 15.6. The number of benzene rings is 1. The molecule has 7 nitrogen and oxygen atoms in total. The van der Waals surface area contributed by atoms with Crippen molar-refractivity contribution in [1.29, 1.82) is 0 Å². The summed E-state index contributed by atoms with van der Waals surface area (Å²) in [6.45, 7) is 5.50. The predicted octanol–water partition coefficient (Wildman–Crippen LogP) is 1.06. The third-order valence-corrected chi connectivity index (χ3v) is 5.30. The quantitative estimate of drug-likeness (QED) is 0.783. The van der Waals surface area contributed by atoms with Crippen LogP contribution in [0, 0.1) is 0 Å². The highest BCUT2D eigenvalue weighted by Crippen LogP contribution is 2.19. The third kappa shape index (κ3) is 4.09. The molecular weight excluding hydrogens is 342 g/mol. The first kappa shape index (κ1) is 17.9. The molecule has 0 amide bonds. The summed E-state index contributed by atoms with van der Waals surface area (Å²) in [5.74, 6) is 1.60. The molecule has 2 aliphatic rings. The number of anilines is 1. The summed E-state index contributed by atoms with van der Waals surface area (Å²) < 4.78 is 5.18. The maximum atomic E-state index is 12.6. The van der Waals surface area contributed by atoms with E-state index in [0.717, 1.165) is 39.3 Å². The minimum Gasteiger partial charge on any atom is -0.481 e. The SMILES string of the molecule is COc1ccnc(N2CCN([C@@H]3CN(Cc4ccccc4)CC3=O)CC2)n1. The van der Waals surface area contributed by atoms with Crippen LogP contribution in [-0.2, 0) is 11.3 Å². The number of carbonyl (C=O) groups is 1. The van der Waals surface area contributed by atoms with Gasteiger partial charge in [0.2, 0.25) is 11.8 Å². The average molecular weight is 367 g/mol. The van der Waals surface area contributed by atoms with E-state index in [-0.39, 0.29) is 6.04 Å². The molecule has 0 saturated carbocycles. The number of methoxy groups -OCH3 is 1. The Bertz CT molecular complexity index is 777. The van der Waals surface area contributed by atoms with E-state index in [9.17, 15) is 4.79 Å². The topological polar surface area (TPSA) is 61.8 Å². The van der Waals surface area contributed by atoms with E-state index in [4.69, 9.17) is 4.74 Å². The first-order valence-electron chi connectivity index (χ1n) is 9.38. The number of aromatic nitrogens is 2. The van der Waals surface area contributed by atoms with E-state index >= 15 is 0 Å². The van der Waals surface area contributed by atoms with E-state index in [1.54, 1.807) is 19.4 Å². The van der Waals surface area contributed by atoms with Crippen LogP contribution in [0.4, 0.5) is 5.95 Å². The van der Waals surface area contributed by atoms with Crippen LogP contribution in [0.3, 0.4) is 0 Å². The standard InChI is InChI=1S/C20H25N5O2/c1-27-19-7-8-21-20(22-19)25-11-9-24(10-12-25)17-14-23(15-18(17)26)13-16-5-3-2-4-6-16/h2-8,17H,9-15H2,1H3/t17-/m1/s1. The van der Waals surface area contributed by atoms with Crippen molar-refractivity contribution < 1.29 is 9.53 Å². The molecule has 0 radical (unpaired) electrons. The molecule has 0 aliphatic carbocycles. The van der Waals surface area contributed by atoms with Gasteiger partial charge < -0.3 is 9.64 Å². The van der Waals surface area contributed by atoms with E-state index < -0.39 is 0 Å². The summed E-state index contributed by atoms with van der Waals surface area (Å²) >= 11 is 0. The molecule has 0 spiro atoms. The number of rotatable bonds is 5. The molecule has 1 aromatic carbocycles. The number of ketones is 1. The Morgan fingerprint density at radius 3 is 2.63 bits per heavy atom. The first-order valence-corrected chi connectivity index (χ1v) is 9.38. The highest BCUT2D eigenvalue weighted by atomic mass is 16.5. The fourth-order valence-electron chi connectivity index (χ4n) is 3.85. The summed E-state index contributed by atoms with van der Waals surface area (Å²) in [5.41, 5.74) is 1.26. The molecule has 0 unspecified atom stereocenters. The molecule has 142 valence electrons. The molecule has 1 aromatic heterocycles. The van der Waals surface area contributed by atoms with Gasteiger partial charge in [0.15, 0.2) is 5.78 Å². The van der Waals surface area contributed by atoms with Crippen LogP contribution in [0.5, 0.6) is 5.88 Å². The van der Waals surface area contributed by atoms with Crippen LogP contribution in [-0.4, -0.2) is 78.0 Å². The highest BCUT2D eigenvalue weighted by Gasteiger charge is 2.36. The van der Waals surface area contributed by atoms with Crippen LogP contribution >= 0.6 is 0 Å². The number of ether oxygens (including phenoxy) is 1. The molecule has 3 heterocycles. The van der Waals surface area contributed by atoms with E-state index in [1.807, 2.05) is 18.2 Å². The van der Waals surface area contributed by atoms with Gasteiger partial charge in [-0.1, -0.05) is 30.3 Å². The number of hydrogen-bond donors (Lipinski definition) is 0. The summed E-state index contributed by atoms with van der Waals surface area (Å²) in [4.78, 5) is 28.0. The van der Waals surface area contributed by atoms with Gasteiger partial charge in [-0.05, 0) is 5.56 Å². The third-order valence-electron chi connectivity index (χ3n) is 5.30. The van der Waals surface area contributed by atoms with Crippen LogP contribution in [0.1, 0.15) is 5.56 Å². The number of carbonyl (C=O) groups excluding carboxylic acids is 1. The van der Waals surface area contributed by atoms with E-state index in [0.29, 0.717) is 24.2 Å². The van der Waals surface area contributed by atoms with Gasteiger partial charge in [0.1, 0.15) is 0 Å². The lowest BCUT2D eigenvalue weighted by Gasteiger charge is -2.37. The molecule has 27 heavy (non-hydrogen) atoms. The monoisotopic (exact) mass is 367 g/mol. The van der Waals surface area contributed by atoms with Crippen molar-refractivity contribution in [3.63, 3.8) is 0 Å². The van der Waals surface area contributed by atoms with Crippen LogP contribution < -0.4 is 9.64 Å². The Morgan fingerprint density at radius 2 is 1.89 bits per heavy atom. The molecule has 2 aliphatic heterocycles. The minimum atomic E-state index is 0.00194. The lowest BCUT2D eigenvalue weighted by Crippen LogP contribution is -2.53. The van der Waals surface area contributed by atoms with Crippen molar-refractivity contribution in [3.05, 3.63) is 48.2 Å². The van der Waals surface area contributed by atoms with Crippen molar-refractivity contribution in [2.45, 2.75) is 12.6 Å². The second-order valence-electron chi connectivity index (χ2n) is 7.06. The highest BCUT2D eigenvalue weighted by molar-refractivity contribution is 5.88. The van der Waals surface area contributed by atoms with Gasteiger partial charge in [0, 0.05) is 51.5 Å². The number of Topliss-reactive ketones (excluding diaryl/α,β-unsaturated/α-hetero) is 1. The fraction of sp³-hybridized carbons (Fsp3) is 0.450. The van der Waals surface area contributed by atoms with Gasteiger partial charge in [0.05, 0.1) is 19.7 Å². The fourth-order valence-corrected chi connectivity index (χ4v) is 3.85. The van der Waals surface area contributed by atoms with Crippen molar-refractivity contribution in [1.82, 2.24) is 19.8 Å². The Morgan fingerprint density at radius 1 is 1.11 bits per heavy atom. The van der Waals surface area contributed by atoms with Crippen molar-refractivity contribution in [3.8, 4) is 5.88 Å². The zero-order valence-corrected chi connectivity index (χ0v) is 15.6. The summed E-state index contributed by atoms with van der Waals surface area (Å²) in [6.07, 6.45) is 1.72. The second-order valence-corrected chi connectivity index (χ2v) is 7.06. The lowest BCUT2D eigenvalue weighted by molar-refractivity contribution is -0.121. The van der Waals surface area contributed by atoms with Gasteiger partial charge >= 0.3 is 0 Å². The Labute approximate surface area is 159 Å². The summed E-state index contributed by atoms with van der Waals surface area (Å²) in [7, 11) is 1.61. The molecule has 7 heteroatoms. The molecular formula is C20H25N5O2. The number of nitrogens with zero attached hydrogens (tertiary/aromatic N) is 5. The van der Waals surface area contributed by atoms with Gasteiger partial charge in [-0.3, -0.25) is 14.6 Å². The van der Waals surface area contributed by atoms with Crippen LogP contribution in [0.25, 0.3) is 0 Å². The van der Waals surface area contributed by atoms with E-state index in [1.165, 1.54) is 5.56 Å². The molecule has 1 atom stereocenters. The maximum Gasteiger partial charge on any atom is 0.228 e. The summed E-state index contributed by atoms with van der Waals surface area (Å²) in [5, 5.41) is 0. The van der Waals surface area contributed by atoms with Gasteiger partial charge in [0.25, 0.3) is 0 Å². The normalized spacial score (nSPS) is 21.6. The maximum absolute atomic E-state index is 12.6. The van der Waals surface area contributed by atoms with Crippen molar-refractivity contribution in [2.24, 2.45) is 0 Å². The zero-order chi connectivity index (χ0) is 18.6. The van der Waals surface area contributed by atoms with Crippen LogP contribution in [0.2, 0.25) is 0 Å². The number of likely N-dealkylation sites (tertiary alicyclic amines) is 1. The smallest absolute Gasteiger partial charge is 0.228 e. The van der Waals surface area contributed by atoms with Crippen molar-refractivity contribution in [2.75, 3.05) is 51.3 Å². The molecule has 2 aromatic rings. The Kier molecular flexibility index (Phi) is 5.31. The van der Waals surface area contributed by atoms with Gasteiger partial charge in [-0.15, -0.1) is 0 Å². The number of piperazine rings is 1. The van der Waals surface area contributed by atoms with Crippen LogP contribution in [0.15, 0.2) is 42.6 Å². The summed E-state index contributed by atoms with van der Waals surface area (Å²) in [6, 6.07) is 12.1. The second kappa shape index (κ2) is 8.02. The van der Waals surface area contributed by atoms with Gasteiger partial charge in [-0.2, -0.15) is 4.98 Å². The molecule has 2 saturated heterocycles. The largest absolute Gasteiger partial charge is 0.481 e. The average Bonchev–Trinajstić information content (AvgIpc) is 3.09. The lowest BCUT2D eigenvalue weighted by atomic mass is 10.1. The molecule has 0 N–H and O–H groups in total. The molecule has 0 bridgehead atoms. The molecule has 4 rings (SSSR count).